The van der Waals surface area contributed by atoms with Crippen molar-refractivity contribution in [3.8, 4) is 0 Å². The van der Waals surface area contributed by atoms with E-state index in [-0.39, 0.29) is 0 Å². The molecule has 23 heavy (non-hydrogen) atoms. The molecule has 0 aromatic heterocycles. The highest BCUT2D eigenvalue weighted by molar-refractivity contribution is 4.83. The van der Waals surface area contributed by atoms with E-state index < -0.39 is 0 Å². The topological polar surface area (TPSA) is 0 Å². The van der Waals surface area contributed by atoms with Crippen LogP contribution in [-0.2, 0) is 0 Å². The van der Waals surface area contributed by atoms with Gasteiger partial charge in [0.15, 0.2) is 0 Å². The van der Waals surface area contributed by atoms with E-state index in [1.54, 1.807) is 0 Å². The molecule has 6 unspecified atom stereocenters. The second-order valence-corrected chi connectivity index (χ2v) is 9.40. The summed E-state index contributed by atoms with van der Waals surface area (Å²) in [5, 5.41) is 0. The normalized spacial score (nSPS) is 29.0. The van der Waals surface area contributed by atoms with Gasteiger partial charge in [0.2, 0.25) is 0 Å². The lowest BCUT2D eigenvalue weighted by Crippen LogP contribution is -2.13. The van der Waals surface area contributed by atoms with Crippen molar-refractivity contribution in [2.24, 2.45) is 41.4 Å². The van der Waals surface area contributed by atoms with Crippen LogP contribution in [0.15, 0.2) is 0 Å². The maximum absolute atomic E-state index is 2.54. The summed E-state index contributed by atoms with van der Waals surface area (Å²) in [5.74, 6) is 6.69. The van der Waals surface area contributed by atoms with Crippen molar-refractivity contribution in [2.45, 2.75) is 106 Å². The highest BCUT2D eigenvalue weighted by atomic mass is 14.4. The van der Waals surface area contributed by atoms with Crippen LogP contribution in [0.5, 0.6) is 0 Å². The Bertz CT molecular complexity index is 292. The highest BCUT2D eigenvalue weighted by Crippen LogP contribution is 2.43. The molecule has 0 radical (unpaired) electrons. The molecule has 0 heteroatoms. The first kappa shape index (κ1) is 21.0. The molecule has 0 saturated heterocycles. The van der Waals surface area contributed by atoms with Gasteiger partial charge in [-0.3, -0.25) is 0 Å². The summed E-state index contributed by atoms with van der Waals surface area (Å²) in [7, 11) is 0. The van der Waals surface area contributed by atoms with Crippen LogP contribution in [0.2, 0.25) is 0 Å². The van der Waals surface area contributed by atoms with Gasteiger partial charge in [0.25, 0.3) is 0 Å². The third-order valence-electron chi connectivity index (χ3n) is 7.25. The summed E-state index contributed by atoms with van der Waals surface area (Å²) in [6.07, 6.45) is 13.1. The molecule has 0 N–H and O–H groups in total. The molecule has 0 aromatic rings. The monoisotopic (exact) mass is 322 g/mol. The predicted molar refractivity (Wildman–Crippen MR) is 106 cm³/mol. The minimum absolute atomic E-state index is 0.875. The van der Waals surface area contributed by atoms with Crippen molar-refractivity contribution in [3.05, 3.63) is 0 Å². The first-order chi connectivity index (χ1) is 10.9. The molecule has 0 spiro atoms. The van der Waals surface area contributed by atoms with Gasteiger partial charge in [-0.05, 0) is 73.5 Å². The average Bonchev–Trinajstić information content (AvgIpc) is 2.85. The molecule has 0 aromatic carbocycles. The van der Waals surface area contributed by atoms with Gasteiger partial charge in [-0.25, -0.2) is 0 Å². The summed E-state index contributed by atoms with van der Waals surface area (Å²) < 4.78 is 0. The zero-order valence-electron chi connectivity index (χ0n) is 17.4. The highest BCUT2D eigenvalue weighted by Gasteiger charge is 2.32. The molecule has 0 heterocycles. The average molecular weight is 323 g/mol. The van der Waals surface area contributed by atoms with E-state index in [1.165, 1.54) is 57.8 Å². The molecule has 6 atom stereocenters. The maximum Gasteiger partial charge on any atom is -0.0386 e. The summed E-state index contributed by atoms with van der Waals surface area (Å²) in [6, 6.07) is 0. The van der Waals surface area contributed by atoms with Crippen LogP contribution < -0.4 is 0 Å². The molecule has 1 saturated carbocycles. The molecular weight excluding hydrogens is 276 g/mol. The fraction of sp³-hybridized carbons (Fsp3) is 1.00. The molecule has 138 valence electrons. The fourth-order valence-corrected chi connectivity index (χ4v) is 4.94. The molecule has 1 aliphatic rings. The predicted octanol–water partition coefficient (Wildman–Crippen LogP) is 7.96. The van der Waals surface area contributed by atoms with Gasteiger partial charge in [0, 0.05) is 0 Å². The van der Waals surface area contributed by atoms with E-state index in [9.17, 15) is 0 Å². The number of unbranched alkanes of at least 4 members (excludes halogenated alkanes) is 1. The Kier molecular flexibility index (Phi) is 9.86. The first-order valence-corrected chi connectivity index (χ1v) is 10.9. The summed E-state index contributed by atoms with van der Waals surface area (Å²) in [6.45, 7) is 17.0. The van der Waals surface area contributed by atoms with E-state index in [4.69, 9.17) is 0 Å². The molecule has 0 nitrogen and oxygen atoms in total. The Balaban J connectivity index is 2.40. The van der Waals surface area contributed by atoms with Crippen LogP contribution >= 0.6 is 0 Å². The number of rotatable bonds is 11. The van der Waals surface area contributed by atoms with Crippen LogP contribution in [-0.4, -0.2) is 0 Å². The third kappa shape index (κ3) is 7.18. The second kappa shape index (κ2) is 10.8. The van der Waals surface area contributed by atoms with Crippen molar-refractivity contribution in [2.75, 3.05) is 0 Å². The lowest BCUT2D eigenvalue weighted by molar-refractivity contribution is 0.271. The van der Waals surface area contributed by atoms with Gasteiger partial charge in [-0.1, -0.05) is 74.1 Å². The van der Waals surface area contributed by atoms with E-state index in [0.29, 0.717) is 0 Å². The number of hydrogen-bond acceptors (Lipinski definition) is 0. The van der Waals surface area contributed by atoms with Gasteiger partial charge in [-0.2, -0.15) is 0 Å². The second-order valence-electron chi connectivity index (χ2n) is 9.40. The van der Waals surface area contributed by atoms with E-state index >= 15 is 0 Å². The van der Waals surface area contributed by atoms with Crippen LogP contribution in [0, 0.1) is 41.4 Å². The standard InChI is InChI=1S/C23H46/c1-8-10-11-22(17(3)4)12-13-23-16-21(15-20(23)7)14-19(6)18(5)9-2/h17-23H,8-16H2,1-7H3. The Morgan fingerprint density at radius 2 is 1.61 bits per heavy atom. The molecule has 1 rings (SSSR count). The molecule has 0 amide bonds. The minimum Gasteiger partial charge on any atom is -0.0654 e. The van der Waals surface area contributed by atoms with Gasteiger partial charge in [0.05, 0.1) is 0 Å². The van der Waals surface area contributed by atoms with Gasteiger partial charge in [-0.15, -0.1) is 0 Å². The maximum atomic E-state index is 2.54. The first-order valence-electron chi connectivity index (χ1n) is 10.9. The lowest BCUT2D eigenvalue weighted by atomic mass is 9.82. The van der Waals surface area contributed by atoms with Gasteiger partial charge < -0.3 is 0 Å². The summed E-state index contributed by atoms with van der Waals surface area (Å²) >= 11 is 0. The molecular formula is C23H46. The fourth-order valence-electron chi connectivity index (χ4n) is 4.94. The lowest BCUT2D eigenvalue weighted by Gasteiger charge is -2.24. The van der Waals surface area contributed by atoms with Crippen LogP contribution in [0.25, 0.3) is 0 Å². The molecule has 1 aliphatic carbocycles. The van der Waals surface area contributed by atoms with Crippen molar-refractivity contribution < 1.29 is 0 Å². The zero-order chi connectivity index (χ0) is 17.4. The molecule has 1 fully saturated rings. The van der Waals surface area contributed by atoms with Crippen LogP contribution in [0.1, 0.15) is 106 Å². The smallest absolute Gasteiger partial charge is 0.0386 e. The van der Waals surface area contributed by atoms with Crippen molar-refractivity contribution in [3.63, 3.8) is 0 Å². The molecule has 0 bridgehead atoms. The van der Waals surface area contributed by atoms with Gasteiger partial charge >= 0.3 is 0 Å². The summed E-state index contributed by atoms with van der Waals surface area (Å²) in [4.78, 5) is 0. The van der Waals surface area contributed by atoms with E-state index in [2.05, 4.69) is 48.5 Å². The Morgan fingerprint density at radius 3 is 2.17 bits per heavy atom. The van der Waals surface area contributed by atoms with Crippen LogP contribution in [0.4, 0.5) is 0 Å². The van der Waals surface area contributed by atoms with Gasteiger partial charge in [0.1, 0.15) is 0 Å². The Hall–Kier alpha value is 0. The zero-order valence-corrected chi connectivity index (χ0v) is 17.4. The third-order valence-corrected chi connectivity index (χ3v) is 7.25. The minimum atomic E-state index is 0.875. The van der Waals surface area contributed by atoms with E-state index in [1.807, 2.05) is 0 Å². The number of hydrogen-bond donors (Lipinski definition) is 0. The van der Waals surface area contributed by atoms with E-state index in [0.717, 1.165) is 41.4 Å². The largest absolute Gasteiger partial charge is 0.0654 e. The van der Waals surface area contributed by atoms with Crippen molar-refractivity contribution in [1.29, 1.82) is 0 Å². The van der Waals surface area contributed by atoms with Crippen LogP contribution in [0.3, 0.4) is 0 Å². The Morgan fingerprint density at radius 1 is 0.913 bits per heavy atom. The summed E-state index contributed by atoms with van der Waals surface area (Å²) in [5.41, 5.74) is 0. The van der Waals surface area contributed by atoms with Crippen molar-refractivity contribution >= 4 is 0 Å². The molecule has 0 aliphatic heterocycles. The SMILES string of the molecule is CCCCC(CCC1CC(CC(C)C(C)CC)CC1C)C(C)C. The Labute approximate surface area is 148 Å². The quantitative estimate of drug-likeness (QED) is 0.362. The van der Waals surface area contributed by atoms with Crippen molar-refractivity contribution in [1.82, 2.24) is 0 Å².